The van der Waals surface area contributed by atoms with Crippen molar-refractivity contribution in [3.8, 4) is 0 Å². The summed E-state index contributed by atoms with van der Waals surface area (Å²) in [5.74, 6) is 1.37. The van der Waals surface area contributed by atoms with Crippen LogP contribution in [0.2, 0.25) is 0 Å². The molecule has 3 heterocycles. The standard InChI is InChI=1S/C20H25N7O/c1-2-16(14-27-8-10-28-11-9-27)12-17(3-1)25-20-23-7-5-19(26-20)22-6-4-18-13-21-15-24-18/h1-3,5,7,12-13,15H,4,6,8-11,14H2,(H,21,24)(H2,22,23,25,26). The maximum atomic E-state index is 5.42. The first-order valence-corrected chi connectivity index (χ1v) is 9.55. The highest BCUT2D eigenvalue weighted by Gasteiger charge is 2.11. The van der Waals surface area contributed by atoms with Crippen molar-refractivity contribution in [2.75, 3.05) is 43.5 Å². The van der Waals surface area contributed by atoms with Gasteiger partial charge in [0.2, 0.25) is 5.95 Å². The number of benzene rings is 1. The Morgan fingerprint density at radius 1 is 1.18 bits per heavy atom. The van der Waals surface area contributed by atoms with Crippen molar-refractivity contribution in [1.82, 2.24) is 24.8 Å². The number of aromatic amines is 1. The molecule has 0 unspecified atom stereocenters. The van der Waals surface area contributed by atoms with E-state index in [0.29, 0.717) is 5.95 Å². The Bertz CT molecular complexity index is 863. The predicted octanol–water partition coefficient (Wildman–Crippen LogP) is 2.43. The highest BCUT2D eigenvalue weighted by Crippen LogP contribution is 2.17. The van der Waals surface area contributed by atoms with Crippen LogP contribution in [0.15, 0.2) is 49.1 Å². The van der Waals surface area contributed by atoms with Gasteiger partial charge < -0.3 is 20.4 Å². The second-order valence-electron chi connectivity index (χ2n) is 6.73. The summed E-state index contributed by atoms with van der Waals surface area (Å²) in [5, 5.41) is 6.62. The van der Waals surface area contributed by atoms with Gasteiger partial charge in [0.25, 0.3) is 0 Å². The number of nitrogens with zero attached hydrogens (tertiary/aromatic N) is 4. The van der Waals surface area contributed by atoms with Gasteiger partial charge in [0.15, 0.2) is 0 Å². The van der Waals surface area contributed by atoms with E-state index in [0.717, 1.165) is 63.0 Å². The monoisotopic (exact) mass is 379 g/mol. The summed E-state index contributed by atoms with van der Waals surface area (Å²) >= 11 is 0. The third-order valence-corrected chi connectivity index (χ3v) is 4.60. The van der Waals surface area contributed by atoms with Crippen molar-refractivity contribution < 1.29 is 4.74 Å². The molecule has 8 heteroatoms. The number of imidazole rings is 1. The number of anilines is 3. The van der Waals surface area contributed by atoms with Crippen molar-refractivity contribution in [2.24, 2.45) is 0 Å². The van der Waals surface area contributed by atoms with E-state index in [2.05, 4.69) is 53.7 Å². The molecule has 1 aromatic carbocycles. The average Bonchev–Trinajstić information content (AvgIpc) is 3.23. The van der Waals surface area contributed by atoms with E-state index in [1.165, 1.54) is 5.56 Å². The number of hydrogen-bond acceptors (Lipinski definition) is 7. The van der Waals surface area contributed by atoms with Crippen LogP contribution in [0.25, 0.3) is 0 Å². The SMILES string of the molecule is c1cc(CN2CCOCC2)cc(Nc2nccc(NCCc3cnc[nH]3)n2)c1. The summed E-state index contributed by atoms with van der Waals surface area (Å²) < 4.78 is 5.42. The van der Waals surface area contributed by atoms with Crippen LogP contribution in [0, 0.1) is 0 Å². The van der Waals surface area contributed by atoms with Crippen molar-refractivity contribution >= 4 is 17.5 Å². The highest BCUT2D eigenvalue weighted by atomic mass is 16.5. The summed E-state index contributed by atoms with van der Waals surface area (Å²) in [6.45, 7) is 5.28. The normalized spacial score (nSPS) is 14.7. The Morgan fingerprint density at radius 3 is 2.96 bits per heavy atom. The summed E-state index contributed by atoms with van der Waals surface area (Å²) in [5.41, 5.74) is 3.35. The highest BCUT2D eigenvalue weighted by molar-refractivity contribution is 5.55. The zero-order chi connectivity index (χ0) is 19.0. The number of morpholine rings is 1. The zero-order valence-electron chi connectivity index (χ0n) is 15.8. The van der Waals surface area contributed by atoms with E-state index in [4.69, 9.17) is 4.74 Å². The van der Waals surface area contributed by atoms with Crippen molar-refractivity contribution in [1.29, 1.82) is 0 Å². The number of aromatic nitrogens is 4. The lowest BCUT2D eigenvalue weighted by molar-refractivity contribution is 0.0342. The first kappa shape index (κ1) is 18.4. The van der Waals surface area contributed by atoms with Gasteiger partial charge in [0.1, 0.15) is 5.82 Å². The minimum atomic E-state index is 0.579. The topological polar surface area (TPSA) is 91.0 Å². The molecule has 0 saturated carbocycles. The molecule has 2 aromatic heterocycles. The van der Waals surface area contributed by atoms with Gasteiger partial charge in [-0.05, 0) is 23.8 Å². The molecule has 1 saturated heterocycles. The number of H-pyrrole nitrogens is 1. The number of hydrogen-bond donors (Lipinski definition) is 3. The molecule has 3 N–H and O–H groups in total. The molecule has 1 aliphatic heterocycles. The molecule has 3 aromatic rings. The molecule has 28 heavy (non-hydrogen) atoms. The largest absolute Gasteiger partial charge is 0.379 e. The fraction of sp³-hybridized carbons (Fsp3) is 0.350. The third-order valence-electron chi connectivity index (χ3n) is 4.60. The van der Waals surface area contributed by atoms with Gasteiger partial charge in [-0.2, -0.15) is 4.98 Å². The van der Waals surface area contributed by atoms with Crippen molar-refractivity contribution in [3.05, 3.63) is 60.3 Å². The number of nitrogens with one attached hydrogen (secondary N) is 3. The van der Waals surface area contributed by atoms with Crippen LogP contribution in [-0.2, 0) is 17.7 Å². The van der Waals surface area contributed by atoms with Crippen LogP contribution in [0.5, 0.6) is 0 Å². The molecular formula is C20H25N7O. The van der Waals surface area contributed by atoms with Crippen LogP contribution in [0.4, 0.5) is 17.5 Å². The zero-order valence-corrected chi connectivity index (χ0v) is 15.8. The van der Waals surface area contributed by atoms with Gasteiger partial charge >= 0.3 is 0 Å². The van der Waals surface area contributed by atoms with Gasteiger partial charge in [-0.25, -0.2) is 9.97 Å². The van der Waals surface area contributed by atoms with Crippen LogP contribution in [-0.4, -0.2) is 57.7 Å². The average molecular weight is 379 g/mol. The molecule has 0 radical (unpaired) electrons. The molecule has 146 valence electrons. The lowest BCUT2D eigenvalue weighted by Gasteiger charge is -2.26. The minimum Gasteiger partial charge on any atom is -0.379 e. The Morgan fingerprint density at radius 2 is 2.11 bits per heavy atom. The van der Waals surface area contributed by atoms with E-state index in [-0.39, 0.29) is 0 Å². The lowest BCUT2D eigenvalue weighted by atomic mass is 10.2. The van der Waals surface area contributed by atoms with E-state index >= 15 is 0 Å². The van der Waals surface area contributed by atoms with Crippen LogP contribution < -0.4 is 10.6 Å². The first-order valence-electron chi connectivity index (χ1n) is 9.55. The van der Waals surface area contributed by atoms with Gasteiger partial charge in [-0.1, -0.05) is 12.1 Å². The van der Waals surface area contributed by atoms with Crippen molar-refractivity contribution in [2.45, 2.75) is 13.0 Å². The maximum Gasteiger partial charge on any atom is 0.229 e. The summed E-state index contributed by atoms with van der Waals surface area (Å²) in [6.07, 6.45) is 6.13. The second kappa shape index (κ2) is 9.29. The van der Waals surface area contributed by atoms with Crippen LogP contribution >= 0.6 is 0 Å². The Hall–Kier alpha value is -2.97. The summed E-state index contributed by atoms with van der Waals surface area (Å²) in [6, 6.07) is 10.3. The fourth-order valence-corrected chi connectivity index (χ4v) is 3.16. The Labute approximate surface area is 164 Å². The number of rotatable bonds is 8. The Kier molecular flexibility index (Phi) is 6.11. The van der Waals surface area contributed by atoms with Gasteiger partial charge in [0.05, 0.1) is 19.5 Å². The lowest BCUT2D eigenvalue weighted by Crippen LogP contribution is -2.35. The predicted molar refractivity (Wildman–Crippen MR) is 109 cm³/mol. The molecule has 0 bridgehead atoms. The molecule has 0 atom stereocenters. The molecule has 0 spiro atoms. The summed E-state index contributed by atoms with van der Waals surface area (Å²) in [7, 11) is 0. The molecule has 0 amide bonds. The minimum absolute atomic E-state index is 0.579. The smallest absolute Gasteiger partial charge is 0.229 e. The van der Waals surface area contributed by atoms with Crippen LogP contribution in [0.1, 0.15) is 11.3 Å². The summed E-state index contributed by atoms with van der Waals surface area (Å²) in [4.78, 5) is 18.4. The number of ether oxygens (including phenoxy) is 1. The molecular weight excluding hydrogens is 354 g/mol. The Balaban J connectivity index is 1.33. The molecule has 4 rings (SSSR count). The van der Waals surface area contributed by atoms with Crippen molar-refractivity contribution in [3.63, 3.8) is 0 Å². The first-order chi connectivity index (χ1) is 13.8. The van der Waals surface area contributed by atoms with E-state index in [9.17, 15) is 0 Å². The van der Waals surface area contributed by atoms with E-state index < -0.39 is 0 Å². The maximum absolute atomic E-state index is 5.42. The van der Waals surface area contributed by atoms with E-state index in [1.807, 2.05) is 18.3 Å². The molecule has 1 aliphatic rings. The quantitative estimate of drug-likeness (QED) is 0.554. The molecule has 8 nitrogen and oxygen atoms in total. The van der Waals surface area contributed by atoms with Gasteiger partial charge in [-0.3, -0.25) is 4.90 Å². The fourth-order valence-electron chi connectivity index (χ4n) is 3.16. The third kappa shape index (κ3) is 5.28. The van der Waals surface area contributed by atoms with Gasteiger partial charge in [-0.15, -0.1) is 0 Å². The second-order valence-corrected chi connectivity index (χ2v) is 6.73. The molecule has 0 aliphatic carbocycles. The van der Waals surface area contributed by atoms with Gasteiger partial charge in [0, 0.05) is 56.4 Å². The molecule has 1 fully saturated rings. The van der Waals surface area contributed by atoms with E-state index in [1.54, 1.807) is 12.5 Å². The van der Waals surface area contributed by atoms with Crippen LogP contribution in [0.3, 0.4) is 0 Å².